The van der Waals surface area contributed by atoms with Crippen molar-refractivity contribution < 1.29 is 4.74 Å². The summed E-state index contributed by atoms with van der Waals surface area (Å²) in [4.78, 5) is 5.53. The normalized spacial score (nSPS) is 24.9. The first-order valence-corrected chi connectivity index (χ1v) is 14.2. The highest BCUT2D eigenvalue weighted by Crippen LogP contribution is 2.61. The first-order chi connectivity index (χ1) is 17.1. The van der Waals surface area contributed by atoms with Gasteiger partial charge in [0.05, 0.1) is 23.2 Å². The third-order valence-corrected chi connectivity index (χ3v) is 11.5. The molecular formula is C32H40B2N2O. The molecular weight excluding hydrogens is 450 g/mol. The van der Waals surface area contributed by atoms with E-state index in [4.69, 9.17) is 9.72 Å². The third kappa shape index (κ3) is 2.58. The van der Waals surface area contributed by atoms with Gasteiger partial charge in [-0.15, -0.1) is 0 Å². The fourth-order valence-electron chi connectivity index (χ4n) is 8.40. The van der Waals surface area contributed by atoms with E-state index in [0.717, 1.165) is 18.5 Å². The average Bonchev–Trinajstić information content (AvgIpc) is 3.53. The molecule has 2 bridgehead atoms. The van der Waals surface area contributed by atoms with Gasteiger partial charge in [-0.05, 0) is 74.9 Å². The molecule has 4 aromatic rings. The van der Waals surface area contributed by atoms with Gasteiger partial charge in [-0.2, -0.15) is 0 Å². The van der Waals surface area contributed by atoms with Crippen LogP contribution in [-0.4, -0.2) is 25.1 Å². The Morgan fingerprint density at radius 2 is 1.43 bits per heavy atom. The van der Waals surface area contributed by atoms with Crippen LogP contribution in [0, 0.1) is 5.41 Å². The molecule has 3 aliphatic rings. The summed E-state index contributed by atoms with van der Waals surface area (Å²) in [6.07, 6.45) is 2.82. The van der Waals surface area contributed by atoms with E-state index in [1.54, 1.807) is 0 Å². The van der Waals surface area contributed by atoms with Gasteiger partial charge in [0.25, 0.3) is 0 Å². The van der Waals surface area contributed by atoms with Crippen LogP contribution in [-0.2, 0) is 21.0 Å². The van der Waals surface area contributed by atoms with Crippen molar-refractivity contribution in [1.82, 2.24) is 9.38 Å². The summed E-state index contributed by atoms with van der Waals surface area (Å²) < 4.78 is 8.84. The van der Waals surface area contributed by atoms with E-state index in [1.165, 1.54) is 60.7 Å². The number of nitrogens with zero attached hydrogens (tertiary/aromatic N) is 2. The SMILES string of the molecule is Bc1c2c(c(B)c3c1nc1c4cc5c(cc4cc(C(C)(C)C)n13)C1CCC5O1)C(C)(C)C(C)(C)C2(C)C. The van der Waals surface area contributed by atoms with E-state index in [2.05, 4.69) is 101 Å². The Morgan fingerprint density at radius 1 is 0.865 bits per heavy atom. The smallest absolute Gasteiger partial charge is 0.146 e. The Kier molecular flexibility index (Phi) is 4.28. The van der Waals surface area contributed by atoms with Gasteiger partial charge in [-0.3, -0.25) is 4.40 Å². The number of rotatable bonds is 0. The predicted molar refractivity (Wildman–Crippen MR) is 161 cm³/mol. The zero-order chi connectivity index (χ0) is 26.6. The Labute approximate surface area is 223 Å². The van der Waals surface area contributed by atoms with Gasteiger partial charge in [0.2, 0.25) is 0 Å². The molecule has 1 fully saturated rings. The van der Waals surface area contributed by atoms with Crippen molar-refractivity contribution in [3.8, 4) is 0 Å². The van der Waals surface area contributed by atoms with Crippen LogP contribution in [0.2, 0.25) is 0 Å². The molecule has 0 saturated carbocycles. The number of ether oxygens (including phenoxy) is 1. The Morgan fingerprint density at radius 3 is 2.03 bits per heavy atom. The summed E-state index contributed by atoms with van der Waals surface area (Å²) in [6.45, 7) is 21.7. The van der Waals surface area contributed by atoms with E-state index in [1.807, 2.05) is 0 Å². The molecule has 2 aliphatic heterocycles. The van der Waals surface area contributed by atoms with Gasteiger partial charge in [-0.1, -0.05) is 73.2 Å². The minimum atomic E-state index is -0.0258. The number of hydrogen-bond acceptors (Lipinski definition) is 2. The van der Waals surface area contributed by atoms with Crippen LogP contribution in [0.5, 0.6) is 0 Å². The first-order valence-electron chi connectivity index (χ1n) is 14.2. The Hall–Kier alpha value is -2.26. The van der Waals surface area contributed by atoms with Gasteiger partial charge < -0.3 is 4.74 Å². The molecule has 5 heteroatoms. The molecule has 0 spiro atoms. The van der Waals surface area contributed by atoms with Crippen molar-refractivity contribution in [2.24, 2.45) is 5.41 Å². The van der Waals surface area contributed by atoms with Crippen LogP contribution in [0.3, 0.4) is 0 Å². The largest absolute Gasteiger partial charge is 0.366 e. The van der Waals surface area contributed by atoms with Crippen molar-refractivity contribution in [2.45, 2.75) is 104 Å². The van der Waals surface area contributed by atoms with Gasteiger partial charge in [-0.25, -0.2) is 4.98 Å². The third-order valence-electron chi connectivity index (χ3n) is 11.5. The molecule has 2 unspecified atom stereocenters. The number of hydrogen-bond donors (Lipinski definition) is 0. The highest BCUT2D eigenvalue weighted by molar-refractivity contribution is 6.46. The summed E-state index contributed by atoms with van der Waals surface area (Å²) in [6, 6.07) is 7.27. The predicted octanol–water partition coefficient (Wildman–Crippen LogP) is 4.96. The summed E-state index contributed by atoms with van der Waals surface area (Å²) in [5.74, 6) is 0. The highest BCUT2D eigenvalue weighted by Gasteiger charge is 2.58. The molecule has 37 heavy (non-hydrogen) atoms. The zero-order valence-electron chi connectivity index (χ0n) is 24.6. The minimum absolute atomic E-state index is 0.0258. The van der Waals surface area contributed by atoms with Gasteiger partial charge in [0.15, 0.2) is 0 Å². The lowest BCUT2D eigenvalue weighted by Crippen LogP contribution is -2.43. The fraction of sp³-hybridized carbons (Fsp3) is 0.531. The van der Waals surface area contributed by atoms with Gasteiger partial charge in [0, 0.05) is 16.5 Å². The van der Waals surface area contributed by atoms with Crippen LogP contribution >= 0.6 is 0 Å². The molecule has 3 nitrogen and oxygen atoms in total. The van der Waals surface area contributed by atoms with Crippen molar-refractivity contribution >= 4 is 54.1 Å². The standard InChI is InChI=1S/C32H40B2N2O/c1-29(2,3)21-13-15-12-17-18(20-11-10-19(17)37-20)14-16(15)28-35-26-24(33)22-23(25(34)27(26)36(21)28)31(6,7)32(8,9)30(22,4)5/h12-14,19-20H,10-11,33-34H2,1-9H3. The maximum absolute atomic E-state index is 6.31. The molecule has 1 aliphatic carbocycles. The second-order valence-electron chi connectivity index (χ2n) is 14.9. The second-order valence-corrected chi connectivity index (χ2v) is 14.9. The minimum Gasteiger partial charge on any atom is -0.366 e. The van der Waals surface area contributed by atoms with E-state index < -0.39 is 0 Å². The van der Waals surface area contributed by atoms with Crippen molar-refractivity contribution in [3.05, 3.63) is 46.1 Å². The molecule has 190 valence electrons. The van der Waals surface area contributed by atoms with E-state index in [-0.39, 0.29) is 33.9 Å². The Bertz CT molecular complexity index is 1700. The van der Waals surface area contributed by atoms with E-state index >= 15 is 0 Å². The number of pyridine rings is 1. The maximum atomic E-state index is 6.31. The Balaban J connectivity index is 1.69. The van der Waals surface area contributed by atoms with Crippen LogP contribution < -0.4 is 10.9 Å². The number of imidazole rings is 1. The molecule has 4 heterocycles. The van der Waals surface area contributed by atoms with Gasteiger partial charge >= 0.3 is 0 Å². The number of benzene rings is 2. The molecule has 0 amide bonds. The summed E-state index contributed by atoms with van der Waals surface area (Å²) in [5.41, 5.74) is 13.7. The van der Waals surface area contributed by atoms with Gasteiger partial charge in [0.1, 0.15) is 21.3 Å². The van der Waals surface area contributed by atoms with Crippen molar-refractivity contribution in [2.75, 3.05) is 0 Å². The lowest BCUT2D eigenvalue weighted by atomic mass is 9.58. The molecule has 2 atom stereocenters. The summed E-state index contributed by atoms with van der Waals surface area (Å²) >= 11 is 0. The maximum Gasteiger partial charge on any atom is 0.146 e. The fourth-order valence-corrected chi connectivity index (χ4v) is 8.40. The van der Waals surface area contributed by atoms with Crippen LogP contribution in [0.25, 0.3) is 27.5 Å². The quantitative estimate of drug-likeness (QED) is 0.326. The molecule has 1 saturated heterocycles. The van der Waals surface area contributed by atoms with Crippen LogP contribution in [0.4, 0.5) is 0 Å². The zero-order valence-corrected chi connectivity index (χ0v) is 24.6. The highest BCUT2D eigenvalue weighted by atomic mass is 16.5. The van der Waals surface area contributed by atoms with Crippen molar-refractivity contribution in [1.29, 1.82) is 0 Å². The molecule has 0 N–H and O–H groups in total. The van der Waals surface area contributed by atoms with E-state index in [9.17, 15) is 0 Å². The topological polar surface area (TPSA) is 26.5 Å². The second kappa shape index (κ2) is 6.65. The van der Waals surface area contributed by atoms with Crippen molar-refractivity contribution in [3.63, 3.8) is 0 Å². The molecule has 7 rings (SSSR count). The number of aromatic nitrogens is 2. The molecule has 2 aromatic heterocycles. The molecule has 2 aromatic carbocycles. The number of fused-ring (bicyclic) bond motifs is 11. The van der Waals surface area contributed by atoms with E-state index in [0.29, 0.717) is 0 Å². The lowest BCUT2D eigenvalue weighted by Gasteiger charge is -2.45. The monoisotopic (exact) mass is 490 g/mol. The summed E-state index contributed by atoms with van der Waals surface area (Å²) in [7, 11) is 4.69. The van der Waals surface area contributed by atoms with Crippen LogP contribution in [0.1, 0.15) is 115 Å². The molecule has 0 radical (unpaired) electrons. The average molecular weight is 490 g/mol. The lowest BCUT2D eigenvalue weighted by molar-refractivity contribution is 0.0717. The first kappa shape index (κ1) is 23.8. The van der Waals surface area contributed by atoms with Crippen LogP contribution in [0.15, 0.2) is 18.2 Å². The summed E-state index contributed by atoms with van der Waals surface area (Å²) in [5, 5.41) is 2.56.